The second-order valence-corrected chi connectivity index (χ2v) is 11.6. The first kappa shape index (κ1) is 29.4. The van der Waals surface area contributed by atoms with E-state index in [1.807, 2.05) is 25.1 Å². The number of carbonyl (C=O) groups is 2. The number of methoxy groups -OCH3 is 1. The van der Waals surface area contributed by atoms with Gasteiger partial charge >= 0.3 is 6.09 Å². The molecule has 0 saturated carbocycles. The molecule has 11 heteroatoms. The first-order chi connectivity index (χ1) is 19.7. The van der Waals surface area contributed by atoms with Crippen LogP contribution in [0.25, 0.3) is 11.3 Å². The quantitative estimate of drug-likeness (QED) is 0.284. The van der Waals surface area contributed by atoms with E-state index in [0.29, 0.717) is 53.2 Å². The van der Waals surface area contributed by atoms with Crippen molar-refractivity contribution in [2.75, 3.05) is 31.0 Å². The Morgan fingerprint density at radius 2 is 2.05 bits per heavy atom. The number of nitrogens with zero attached hydrogens (tertiary/aromatic N) is 2. The van der Waals surface area contributed by atoms with Crippen LogP contribution >= 0.6 is 27.5 Å². The Balaban J connectivity index is 1.44. The number of pyridine rings is 1. The van der Waals surface area contributed by atoms with Gasteiger partial charge in [0, 0.05) is 46.0 Å². The lowest BCUT2D eigenvalue weighted by molar-refractivity contribution is -0.119. The maximum Gasteiger partial charge on any atom is 0.411 e. The summed E-state index contributed by atoms with van der Waals surface area (Å²) in [7, 11) is 1.29. The minimum absolute atomic E-state index is 0.0174. The minimum Gasteiger partial charge on any atom is -0.453 e. The molecular formula is C30H31BrClFN4O4. The van der Waals surface area contributed by atoms with E-state index < -0.39 is 18.0 Å². The molecule has 8 nitrogen and oxygen atoms in total. The molecule has 2 aliphatic heterocycles. The third kappa shape index (κ3) is 6.56. The Bertz CT molecular complexity index is 1450. The van der Waals surface area contributed by atoms with Crippen LogP contribution in [0.1, 0.15) is 55.9 Å². The van der Waals surface area contributed by atoms with Gasteiger partial charge in [-0.05, 0) is 67.3 Å². The van der Waals surface area contributed by atoms with E-state index in [-0.39, 0.29) is 22.9 Å². The van der Waals surface area contributed by atoms with E-state index in [4.69, 9.17) is 21.1 Å². The van der Waals surface area contributed by atoms with Gasteiger partial charge in [0.15, 0.2) is 0 Å². The number of aromatic nitrogens is 1. The highest BCUT2D eigenvalue weighted by Gasteiger charge is 2.31. The molecule has 2 amide bonds. The van der Waals surface area contributed by atoms with Crippen molar-refractivity contribution in [3.05, 3.63) is 75.1 Å². The summed E-state index contributed by atoms with van der Waals surface area (Å²) in [4.78, 5) is 31.8. The Hall–Kier alpha value is -3.05. The fraction of sp³-hybridized carbons (Fsp3) is 0.367. The van der Waals surface area contributed by atoms with Crippen LogP contribution in [0.5, 0.6) is 0 Å². The van der Waals surface area contributed by atoms with Crippen molar-refractivity contribution in [2.45, 2.75) is 44.8 Å². The highest BCUT2D eigenvalue weighted by Crippen LogP contribution is 2.40. The summed E-state index contributed by atoms with van der Waals surface area (Å²) in [6.07, 6.45) is 3.69. The molecule has 3 atom stereocenters. The second-order valence-electron chi connectivity index (χ2n) is 10.3. The zero-order valence-corrected chi connectivity index (χ0v) is 25.1. The lowest BCUT2D eigenvalue weighted by atomic mass is 9.93. The minimum atomic E-state index is -0.600. The van der Waals surface area contributed by atoms with Gasteiger partial charge in [-0.25, -0.2) is 9.18 Å². The molecule has 41 heavy (non-hydrogen) atoms. The van der Waals surface area contributed by atoms with Crippen molar-refractivity contribution in [3.63, 3.8) is 0 Å². The van der Waals surface area contributed by atoms with E-state index in [1.54, 1.807) is 24.4 Å². The van der Waals surface area contributed by atoms with Crippen molar-refractivity contribution >= 4 is 50.9 Å². The maximum absolute atomic E-state index is 14.9. The molecule has 3 heterocycles. The van der Waals surface area contributed by atoms with Crippen LogP contribution in [-0.2, 0) is 14.3 Å². The average Bonchev–Trinajstić information content (AvgIpc) is 2.97. The van der Waals surface area contributed by atoms with Crippen molar-refractivity contribution in [2.24, 2.45) is 5.92 Å². The molecule has 1 fully saturated rings. The Kier molecular flexibility index (Phi) is 9.23. The molecule has 2 aliphatic rings. The van der Waals surface area contributed by atoms with Crippen molar-refractivity contribution in [1.29, 1.82) is 0 Å². The number of anilines is 2. The zero-order chi connectivity index (χ0) is 29.1. The molecule has 2 N–H and O–H groups in total. The molecule has 3 aromatic rings. The normalized spacial score (nSPS) is 21.6. The van der Waals surface area contributed by atoms with E-state index in [1.165, 1.54) is 13.2 Å². The molecule has 3 unspecified atom stereocenters. The number of hydrogen-bond acceptors (Lipinski definition) is 6. The Morgan fingerprint density at radius 1 is 1.22 bits per heavy atom. The number of rotatable bonds is 3. The van der Waals surface area contributed by atoms with Gasteiger partial charge < -0.3 is 14.8 Å². The third-order valence-electron chi connectivity index (χ3n) is 7.68. The average molecular weight is 646 g/mol. The van der Waals surface area contributed by atoms with Crippen LogP contribution in [0, 0.1) is 11.7 Å². The van der Waals surface area contributed by atoms with Gasteiger partial charge in [-0.2, -0.15) is 0 Å². The fourth-order valence-corrected chi connectivity index (χ4v) is 6.14. The van der Waals surface area contributed by atoms with Crippen LogP contribution < -0.4 is 10.6 Å². The number of benzene rings is 2. The van der Waals surface area contributed by atoms with Gasteiger partial charge in [-0.3, -0.25) is 20.0 Å². The van der Waals surface area contributed by atoms with Crippen LogP contribution in [0.15, 0.2) is 53.1 Å². The van der Waals surface area contributed by atoms with E-state index in [2.05, 4.69) is 36.4 Å². The maximum atomic E-state index is 14.9. The number of amides is 2. The standard InChI is InChI=1S/C30H31BrClFN4O4/c1-17-4-3-5-25(37-13-11-26(41-16-37)27-21(31)8-9-22(32)28(27)33)18-10-12-34-23(14-18)20-7-6-19(35-30(39)40-2)15-24(20)36-29(17)38/h6-10,12,14-15,17,25-26H,3-5,11,13,16H2,1-2H3,(H,35,39)(H,36,38). The lowest BCUT2D eigenvalue weighted by Crippen LogP contribution is -2.38. The largest absolute Gasteiger partial charge is 0.453 e. The molecule has 0 aliphatic carbocycles. The van der Waals surface area contributed by atoms with Gasteiger partial charge in [-0.15, -0.1) is 0 Å². The van der Waals surface area contributed by atoms with E-state index in [9.17, 15) is 14.0 Å². The van der Waals surface area contributed by atoms with E-state index >= 15 is 0 Å². The predicted octanol–water partition coefficient (Wildman–Crippen LogP) is 7.70. The van der Waals surface area contributed by atoms with Crippen LogP contribution in [-0.4, -0.2) is 42.3 Å². The number of ether oxygens (including phenoxy) is 2. The van der Waals surface area contributed by atoms with Crippen LogP contribution in [0.4, 0.5) is 20.6 Å². The second kappa shape index (κ2) is 12.9. The fourth-order valence-electron chi connectivity index (χ4n) is 5.41. The summed E-state index contributed by atoms with van der Waals surface area (Å²) in [6, 6.07) is 12.6. The lowest BCUT2D eigenvalue weighted by Gasteiger charge is -2.38. The van der Waals surface area contributed by atoms with Gasteiger partial charge in [0.1, 0.15) is 12.5 Å². The molecule has 2 aromatic carbocycles. The first-order valence-electron chi connectivity index (χ1n) is 13.5. The molecule has 1 saturated heterocycles. The van der Waals surface area contributed by atoms with Gasteiger partial charge in [0.2, 0.25) is 5.91 Å². The molecular weight excluding hydrogens is 615 g/mol. The predicted molar refractivity (Wildman–Crippen MR) is 159 cm³/mol. The number of nitrogens with one attached hydrogen (secondary N) is 2. The number of halogens is 3. The smallest absolute Gasteiger partial charge is 0.411 e. The molecule has 2 bridgehead atoms. The topological polar surface area (TPSA) is 92.8 Å². The molecule has 1 aromatic heterocycles. The van der Waals surface area contributed by atoms with Crippen molar-refractivity contribution in [3.8, 4) is 11.3 Å². The molecule has 5 rings (SSSR count). The van der Waals surface area contributed by atoms with Gasteiger partial charge in [-0.1, -0.05) is 40.9 Å². The number of hydrogen-bond donors (Lipinski definition) is 2. The monoisotopic (exact) mass is 644 g/mol. The summed E-state index contributed by atoms with van der Waals surface area (Å²) < 4.78 is 26.4. The summed E-state index contributed by atoms with van der Waals surface area (Å²) >= 11 is 9.51. The summed E-state index contributed by atoms with van der Waals surface area (Å²) in [5.74, 6) is -0.787. The van der Waals surface area contributed by atoms with Crippen molar-refractivity contribution < 1.29 is 23.5 Å². The van der Waals surface area contributed by atoms with Crippen LogP contribution in [0.3, 0.4) is 0 Å². The number of fused-ring (bicyclic) bond motifs is 4. The summed E-state index contributed by atoms with van der Waals surface area (Å²) in [5.41, 5.74) is 4.00. The SMILES string of the molecule is COC(=O)Nc1ccc2c(c1)NC(=O)C(C)CCCC(N1CCC(c3c(Br)ccc(Cl)c3F)OC1)c1ccnc-2c1. The zero-order valence-electron chi connectivity index (χ0n) is 22.8. The highest BCUT2D eigenvalue weighted by molar-refractivity contribution is 9.10. The summed E-state index contributed by atoms with van der Waals surface area (Å²) in [5, 5.41) is 5.75. The van der Waals surface area contributed by atoms with Crippen LogP contribution in [0.2, 0.25) is 5.02 Å². The molecule has 0 spiro atoms. The number of carbonyl (C=O) groups excluding carboxylic acids is 2. The molecule has 0 radical (unpaired) electrons. The van der Waals surface area contributed by atoms with Crippen molar-refractivity contribution in [1.82, 2.24) is 9.88 Å². The first-order valence-corrected chi connectivity index (χ1v) is 14.7. The van der Waals surface area contributed by atoms with Gasteiger partial charge in [0.05, 0.1) is 29.6 Å². The Morgan fingerprint density at radius 3 is 2.80 bits per heavy atom. The van der Waals surface area contributed by atoms with E-state index in [0.717, 1.165) is 24.0 Å². The molecule has 216 valence electrons. The third-order valence-corrected chi connectivity index (χ3v) is 8.66. The Labute approximate surface area is 251 Å². The van der Waals surface area contributed by atoms with Gasteiger partial charge in [0.25, 0.3) is 0 Å². The highest BCUT2D eigenvalue weighted by atomic mass is 79.9. The summed E-state index contributed by atoms with van der Waals surface area (Å²) in [6.45, 7) is 2.93.